The molecule has 0 bridgehead atoms. The lowest BCUT2D eigenvalue weighted by Gasteiger charge is -2.27. The Morgan fingerprint density at radius 3 is 2.70 bits per heavy atom. The van der Waals surface area contributed by atoms with Gasteiger partial charge in [-0.25, -0.2) is 4.79 Å². The highest BCUT2D eigenvalue weighted by molar-refractivity contribution is 9.11. The predicted molar refractivity (Wildman–Crippen MR) is 129 cm³/mol. The van der Waals surface area contributed by atoms with Crippen LogP contribution in [0.25, 0.3) is 0 Å². The number of esters is 1. The van der Waals surface area contributed by atoms with Crippen molar-refractivity contribution in [1.82, 2.24) is 0 Å². The molecule has 1 N–H and O–H groups in total. The molecule has 3 fully saturated rings. The number of aliphatic hydroxyl groups is 1. The first-order valence-corrected chi connectivity index (χ1v) is 12.8. The van der Waals surface area contributed by atoms with Crippen LogP contribution < -0.4 is 0 Å². The monoisotopic (exact) mass is 516 g/mol. The van der Waals surface area contributed by atoms with E-state index < -0.39 is 11.9 Å². The van der Waals surface area contributed by atoms with Crippen LogP contribution in [-0.4, -0.2) is 42.3 Å². The predicted octanol–water partition coefficient (Wildman–Crippen LogP) is 5.08. The molecule has 1 aromatic rings. The minimum atomic E-state index is -0.657. The Hall–Kier alpha value is -1.65. The average Bonchev–Trinajstić information content (AvgIpc) is 3.50. The summed E-state index contributed by atoms with van der Waals surface area (Å²) in [6.45, 7) is 5.28. The van der Waals surface area contributed by atoms with Crippen molar-refractivity contribution in [3.63, 3.8) is 0 Å². The molecule has 2 saturated carbocycles. The van der Waals surface area contributed by atoms with E-state index in [-0.39, 0.29) is 29.8 Å². The van der Waals surface area contributed by atoms with Gasteiger partial charge in [-0.3, -0.25) is 0 Å². The minimum absolute atomic E-state index is 0.00591. The van der Waals surface area contributed by atoms with Gasteiger partial charge < -0.3 is 19.3 Å². The van der Waals surface area contributed by atoms with Crippen molar-refractivity contribution in [1.29, 1.82) is 0 Å². The van der Waals surface area contributed by atoms with Crippen LogP contribution in [0.15, 0.2) is 40.9 Å². The van der Waals surface area contributed by atoms with E-state index in [0.717, 1.165) is 30.2 Å². The highest BCUT2D eigenvalue weighted by atomic mass is 79.9. The van der Waals surface area contributed by atoms with Gasteiger partial charge in [-0.2, -0.15) is 0 Å². The zero-order chi connectivity index (χ0) is 23.4. The molecular weight excluding hydrogens is 484 g/mol. The molecule has 1 heterocycles. The number of hydrogen-bond donors (Lipinski definition) is 1. The molecule has 3 aliphatic rings. The summed E-state index contributed by atoms with van der Waals surface area (Å²) in [7, 11) is 0. The van der Waals surface area contributed by atoms with Gasteiger partial charge in [-0.1, -0.05) is 54.1 Å². The molecule has 6 atom stereocenters. The molecule has 0 unspecified atom stereocenters. The van der Waals surface area contributed by atoms with Gasteiger partial charge in [0.05, 0.1) is 24.9 Å². The fourth-order valence-corrected chi connectivity index (χ4v) is 6.25. The molecule has 1 spiro atoms. The molecule has 33 heavy (non-hydrogen) atoms. The fraction of sp³-hybridized carbons (Fsp3) is 0.593. The van der Waals surface area contributed by atoms with Crippen molar-refractivity contribution in [2.24, 2.45) is 23.7 Å². The first-order valence-electron chi connectivity index (χ1n) is 12.0. The fourth-order valence-electron chi connectivity index (χ4n) is 5.49. The number of halogens is 1. The van der Waals surface area contributed by atoms with Crippen molar-refractivity contribution in [3.05, 3.63) is 46.5 Å². The topological polar surface area (TPSA) is 65.0 Å². The number of ether oxygens (including phenoxy) is 3. The Morgan fingerprint density at radius 1 is 1.27 bits per heavy atom. The van der Waals surface area contributed by atoms with E-state index in [4.69, 9.17) is 14.2 Å². The summed E-state index contributed by atoms with van der Waals surface area (Å²) in [5.41, 5.74) is 0.554. The SMILES string of the molecule is CCC#CC[C@H](C)[C@H](O)/C(Br)=C/[C@@H]1[C@H]2CC3(C[C@H]2C[C@H]1OC(=O)c1ccccc1)OCCO3. The summed E-state index contributed by atoms with van der Waals surface area (Å²) in [6, 6.07) is 9.11. The standard InChI is InChI=1S/C27H33BrO5/c1-3-4-6-9-18(2)25(29)23(28)15-21-22-17-27(31-12-13-32-27)16-20(22)14-24(21)33-26(30)19-10-7-5-8-11-19/h5,7-8,10-11,15,18,20-22,24-25,29H,3,9,12-14,16-17H2,1-2H3/b23-15-/t18-,20+,21+,22-,24+,25-/m0/s1. The van der Waals surface area contributed by atoms with Gasteiger partial charge in [0.1, 0.15) is 6.10 Å². The summed E-state index contributed by atoms with van der Waals surface area (Å²) in [5.74, 6) is 5.99. The van der Waals surface area contributed by atoms with E-state index in [0.29, 0.717) is 31.1 Å². The van der Waals surface area contributed by atoms with Gasteiger partial charge in [0.25, 0.3) is 0 Å². The maximum atomic E-state index is 12.8. The second-order valence-corrected chi connectivity index (χ2v) is 10.4. The van der Waals surface area contributed by atoms with Crippen LogP contribution >= 0.6 is 15.9 Å². The lowest BCUT2D eigenvalue weighted by Crippen LogP contribution is -2.31. The molecule has 6 heteroatoms. The van der Waals surface area contributed by atoms with Crippen LogP contribution in [0.2, 0.25) is 0 Å². The Balaban J connectivity index is 1.52. The second kappa shape index (κ2) is 10.7. The number of rotatable bonds is 6. The number of carbonyl (C=O) groups is 1. The maximum absolute atomic E-state index is 12.8. The highest BCUT2D eigenvalue weighted by Crippen LogP contribution is 2.56. The number of benzene rings is 1. The average molecular weight is 517 g/mol. The van der Waals surface area contributed by atoms with E-state index in [1.807, 2.05) is 32.0 Å². The number of aliphatic hydroxyl groups excluding tert-OH is 1. The van der Waals surface area contributed by atoms with Crippen LogP contribution in [0.5, 0.6) is 0 Å². The van der Waals surface area contributed by atoms with E-state index in [1.54, 1.807) is 12.1 Å². The quantitative estimate of drug-likeness (QED) is 0.421. The lowest BCUT2D eigenvalue weighted by atomic mass is 9.89. The molecule has 1 aliphatic heterocycles. The van der Waals surface area contributed by atoms with Crippen LogP contribution in [0, 0.1) is 35.5 Å². The maximum Gasteiger partial charge on any atom is 0.338 e. The molecule has 1 aromatic carbocycles. The minimum Gasteiger partial charge on any atom is -0.458 e. The van der Waals surface area contributed by atoms with Crippen molar-refractivity contribution >= 4 is 21.9 Å². The van der Waals surface area contributed by atoms with Gasteiger partial charge >= 0.3 is 5.97 Å². The first-order chi connectivity index (χ1) is 15.9. The summed E-state index contributed by atoms with van der Waals surface area (Å²) in [4.78, 5) is 12.8. The third-order valence-electron chi connectivity index (χ3n) is 7.16. The summed E-state index contributed by atoms with van der Waals surface area (Å²) >= 11 is 3.63. The highest BCUT2D eigenvalue weighted by Gasteiger charge is 2.57. The third kappa shape index (κ3) is 5.54. The van der Waals surface area contributed by atoms with Gasteiger partial charge in [-0.05, 0) is 36.3 Å². The van der Waals surface area contributed by atoms with Gasteiger partial charge in [0.2, 0.25) is 0 Å². The van der Waals surface area contributed by atoms with Crippen molar-refractivity contribution in [2.45, 2.75) is 63.9 Å². The first kappa shape index (κ1) is 24.5. The molecule has 0 radical (unpaired) electrons. The summed E-state index contributed by atoms with van der Waals surface area (Å²) in [6.07, 6.45) is 4.98. The molecule has 0 aromatic heterocycles. The van der Waals surface area contributed by atoms with E-state index in [2.05, 4.69) is 33.8 Å². The van der Waals surface area contributed by atoms with Crippen molar-refractivity contribution in [2.75, 3.05) is 13.2 Å². The van der Waals surface area contributed by atoms with E-state index in [1.165, 1.54) is 0 Å². The Kier molecular flexibility index (Phi) is 7.96. The molecule has 1 saturated heterocycles. The molecule has 4 rings (SSSR count). The van der Waals surface area contributed by atoms with Crippen LogP contribution in [0.1, 0.15) is 56.3 Å². The molecule has 2 aliphatic carbocycles. The number of hydrogen-bond acceptors (Lipinski definition) is 5. The lowest BCUT2D eigenvalue weighted by molar-refractivity contribution is -0.157. The molecule has 178 valence electrons. The van der Waals surface area contributed by atoms with Crippen molar-refractivity contribution < 1.29 is 24.1 Å². The number of fused-ring (bicyclic) bond motifs is 1. The number of carbonyl (C=O) groups excluding carboxylic acids is 1. The Bertz CT molecular complexity index is 911. The smallest absolute Gasteiger partial charge is 0.338 e. The Morgan fingerprint density at radius 2 is 2.00 bits per heavy atom. The van der Waals surface area contributed by atoms with Gasteiger partial charge in [0, 0.05) is 36.1 Å². The van der Waals surface area contributed by atoms with E-state index in [9.17, 15) is 9.90 Å². The van der Waals surface area contributed by atoms with Crippen LogP contribution in [0.4, 0.5) is 0 Å². The third-order valence-corrected chi connectivity index (χ3v) is 7.90. The molecule has 0 amide bonds. The largest absolute Gasteiger partial charge is 0.458 e. The van der Waals surface area contributed by atoms with Crippen LogP contribution in [0.3, 0.4) is 0 Å². The van der Waals surface area contributed by atoms with E-state index >= 15 is 0 Å². The Labute approximate surface area is 205 Å². The zero-order valence-electron chi connectivity index (χ0n) is 19.3. The molecular formula is C27H33BrO5. The van der Waals surface area contributed by atoms with Crippen LogP contribution in [-0.2, 0) is 14.2 Å². The van der Waals surface area contributed by atoms with Gasteiger partial charge in [-0.15, -0.1) is 11.8 Å². The van der Waals surface area contributed by atoms with Crippen molar-refractivity contribution in [3.8, 4) is 11.8 Å². The zero-order valence-corrected chi connectivity index (χ0v) is 20.9. The van der Waals surface area contributed by atoms with Gasteiger partial charge in [0.15, 0.2) is 5.79 Å². The normalized spacial score (nSPS) is 29.9. The second-order valence-electron chi connectivity index (χ2n) is 9.45. The summed E-state index contributed by atoms with van der Waals surface area (Å²) < 4.78 is 18.7. The summed E-state index contributed by atoms with van der Waals surface area (Å²) in [5, 5.41) is 10.9. The molecule has 5 nitrogen and oxygen atoms in total.